The molecule has 10 heteroatoms. The van der Waals surface area contributed by atoms with Crippen molar-refractivity contribution in [3.05, 3.63) is 46.4 Å². The Labute approximate surface area is 117 Å². The lowest BCUT2D eigenvalue weighted by molar-refractivity contribution is -0.00692. The number of allylic oxidation sites excluding steroid dienone is 4. The Morgan fingerprint density at radius 1 is 0.909 bits per heavy atom. The fourth-order valence-corrected chi connectivity index (χ4v) is 1.90. The van der Waals surface area contributed by atoms with Crippen LogP contribution in [-0.4, -0.2) is 12.1 Å². The van der Waals surface area contributed by atoms with E-state index in [1.165, 1.54) is 0 Å². The van der Waals surface area contributed by atoms with Gasteiger partial charge >= 0.3 is 5.92 Å². The Kier molecular flexibility index (Phi) is 3.58. The number of benzene rings is 1. The smallest absolute Gasteiger partial charge is 0.313 e. The van der Waals surface area contributed by atoms with Crippen molar-refractivity contribution >= 4 is 11.3 Å². The van der Waals surface area contributed by atoms with Crippen molar-refractivity contribution in [2.75, 3.05) is 5.73 Å². The maximum absolute atomic E-state index is 13.8. The van der Waals surface area contributed by atoms with E-state index in [0.717, 1.165) is 0 Å². The topological polar surface area (TPSA) is 52.0 Å². The summed E-state index contributed by atoms with van der Waals surface area (Å²) in [6, 6.07) is -0.0852. The van der Waals surface area contributed by atoms with Crippen LogP contribution in [-0.2, 0) is 0 Å². The lowest BCUT2D eigenvalue weighted by Crippen LogP contribution is -2.40. The summed E-state index contributed by atoms with van der Waals surface area (Å²) in [4.78, 5) is 0. The van der Waals surface area contributed by atoms with E-state index in [-0.39, 0.29) is 6.07 Å². The molecule has 0 saturated heterocycles. The Hall–Kier alpha value is -2.26. The molecule has 120 valence electrons. The molecule has 0 bridgehead atoms. The molecule has 4 N–H and O–H groups in total. The standard InChI is InChI=1S/C12H6F8N2/c13-3-1-2(5(14)7(16)9(3)21)4-6(15)8(17)10(22)11(18)12(4,19)20/h1,11H,21-22H2. The number of nitrogen functional groups attached to an aromatic ring is 1. The maximum atomic E-state index is 13.8. The van der Waals surface area contributed by atoms with Gasteiger partial charge in [-0.05, 0) is 6.07 Å². The second-order valence-electron chi connectivity index (χ2n) is 4.39. The summed E-state index contributed by atoms with van der Waals surface area (Å²) in [5, 5.41) is 0. The van der Waals surface area contributed by atoms with Crippen LogP contribution in [0.4, 0.5) is 40.8 Å². The number of hydrogen-bond donors (Lipinski definition) is 2. The van der Waals surface area contributed by atoms with Gasteiger partial charge in [-0.2, -0.15) is 8.78 Å². The van der Waals surface area contributed by atoms with Gasteiger partial charge in [-0.15, -0.1) is 0 Å². The van der Waals surface area contributed by atoms with Gasteiger partial charge in [0.15, 0.2) is 23.3 Å². The minimum atomic E-state index is -4.85. The summed E-state index contributed by atoms with van der Waals surface area (Å²) in [5.41, 5.74) is 2.47. The molecular formula is C12H6F8N2. The molecule has 1 aliphatic rings. The van der Waals surface area contributed by atoms with Crippen molar-refractivity contribution in [2.24, 2.45) is 5.73 Å². The van der Waals surface area contributed by atoms with Crippen LogP contribution in [0.25, 0.3) is 5.57 Å². The highest BCUT2D eigenvalue weighted by atomic mass is 19.3. The third-order valence-electron chi connectivity index (χ3n) is 3.05. The minimum Gasteiger partial charge on any atom is -0.397 e. The fraction of sp³-hybridized carbons (Fsp3) is 0.167. The molecule has 2 rings (SSSR count). The van der Waals surface area contributed by atoms with Crippen molar-refractivity contribution in [1.29, 1.82) is 0 Å². The molecule has 1 unspecified atom stereocenters. The van der Waals surface area contributed by atoms with E-state index >= 15 is 0 Å². The number of alkyl halides is 3. The van der Waals surface area contributed by atoms with Crippen molar-refractivity contribution < 1.29 is 35.1 Å². The van der Waals surface area contributed by atoms with Gasteiger partial charge in [-0.1, -0.05) is 0 Å². The summed E-state index contributed by atoms with van der Waals surface area (Å²) >= 11 is 0. The van der Waals surface area contributed by atoms with Gasteiger partial charge in [0, 0.05) is 5.56 Å². The van der Waals surface area contributed by atoms with Crippen molar-refractivity contribution in [1.82, 2.24) is 0 Å². The first-order valence-electron chi connectivity index (χ1n) is 5.52. The van der Waals surface area contributed by atoms with E-state index in [0.29, 0.717) is 0 Å². The molecule has 2 nitrogen and oxygen atoms in total. The average molecular weight is 330 g/mol. The van der Waals surface area contributed by atoms with E-state index in [1.54, 1.807) is 0 Å². The summed E-state index contributed by atoms with van der Waals surface area (Å²) in [5.74, 6) is -15.4. The van der Waals surface area contributed by atoms with E-state index in [4.69, 9.17) is 5.73 Å². The van der Waals surface area contributed by atoms with Gasteiger partial charge in [-0.25, -0.2) is 26.3 Å². The largest absolute Gasteiger partial charge is 0.397 e. The Balaban J connectivity index is 2.86. The number of halogens is 8. The molecule has 0 spiro atoms. The molecule has 0 heterocycles. The summed E-state index contributed by atoms with van der Waals surface area (Å²) in [6.45, 7) is 0. The van der Waals surface area contributed by atoms with Gasteiger partial charge < -0.3 is 11.5 Å². The highest BCUT2D eigenvalue weighted by Gasteiger charge is 2.54. The van der Waals surface area contributed by atoms with Gasteiger partial charge in [0.2, 0.25) is 6.17 Å². The Bertz CT molecular complexity index is 722. The quantitative estimate of drug-likeness (QED) is 0.470. The van der Waals surface area contributed by atoms with E-state index in [2.05, 4.69) is 5.73 Å². The van der Waals surface area contributed by atoms with Crippen LogP contribution in [0.3, 0.4) is 0 Å². The lowest BCUT2D eigenvalue weighted by atomic mass is 9.89. The van der Waals surface area contributed by atoms with Crippen LogP contribution in [0.1, 0.15) is 5.56 Å². The number of anilines is 1. The monoisotopic (exact) mass is 330 g/mol. The summed E-state index contributed by atoms with van der Waals surface area (Å²) in [6.07, 6.45) is -3.54. The third kappa shape index (κ3) is 2.01. The average Bonchev–Trinajstić information content (AvgIpc) is 2.46. The van der Waals surface area contributed by atoms with E-state index in [9.17, 15) is 35.1 Å². The van der Waals surface area contributed by atoms with Crippen LogP contribution in [0.15, 0.2) is 23.4 Å². The van der Waals surface area contributed by atoms with Crippen LogP contribution >= 0.6 is 0 Å². The summed E-state index contributed by atoms with van der Waals surface area (Å²) in [7, 11) is 0. The predicted molar refractivity (Wildman–Crippen MR) is 60.9 cm³/mol. The molecule has 1 aromatic carbocycles. The second-order valence-corrected chi connectivity index (χ2v) is 4.39. The number of hydrogen-bond acceptors (Lipinski definition) is 2. The van der Waals surface area contributed by atoms with Gasteiger partial charge in [0.25, 0.3) is 0 Å². The highest BCUT2D eigenvalue weighted by Crippen LogP contribution is 2.48. The molecule has 22 heavy (non-hydrogen) atoms. The van der Waals surface area contributed by atoms with Crippen LogP contribution < -0.4 is 11.5 Å². The maximum Gasteiger partial charge on any atom is 0.313 e. The third-order valence-corrected chi connectivity index (χ3v) is 3.05. The van der Waals surface area contributed by atoms with E-state index in [1.807, 2.05) is 0 Å². The molecular weight excluding hydrogens is 324 g/mol. The van der Waals surface area contributed by atoms with Crippen molar-refractivity contribution in [3.63, 3.8) is 0 Å². The zero-order valence-corrected chi connectivity index (χ0v) is 10.3. The number of nitrogens with two attached hydrogens (primary N) is 2. The van der Waals surface area contributed by atoms with Crippen molar-refractivity contribution in [3.8, 4) is 0 Å². The molecule has 0 aromatic heterocycles. The van der Waals surface area contributed by atoms with Gasteiger partial charge in [-0.3, -0.25) is 0 Å². The van der Waals surface area contributed by atoms with E-state index < -0.39 is 63.7 Å². The normalized spacial score (nSPS) is 21.5. The predicted octanol–water partition coefficient (Wildman–Crippen LogP) is 3.49. The Morgan fingerprint density at radius 2 is 1.45 bits per heavy atom. The van der Waals surface area contributed by atoms with Crippen molar-refractivity contribution in [2.45, 2.75) is 12.1 Å². The first kappa shape index (κ1) is 16.1. The molecule has 0 fully saturated rings. The lowest BCUT2D eigenvalue weighted by Gasteiger charge is -2.28. The molecule has 0 radical (unpaired) electrons. The first-order valence-corrected chi connectivity index (χ1v) is 5.52. The van der Waals surface area contributed by atoms with Gasteiger partial charge in [0.1, 0.15) is 11.5 Å². The van der Waals surface area contributed by atoms with Crippen LogP contribution in [0.5, 0.6) is 0 Å². The molecule has 0 amide bonds. The zero-order chi connectivity index (χ0) is 17.0. The summed E-state index contributed by atoms with van der Waals surface area (Å²) < 4.78 is 108. The molecule has 0 aliphatic heterocycles. The Morgan fingerprint density at radius 3 is 2.00 bits per heavy atom. The first-order chi connectivity index (χ1) is 10.0. The van der Waals surface area contributed by atoms with Crippen LogP contribution in [0.2, 0.25) is 0 Å². The molecule has 0 saturated carbocycles. The van der Waals surface area contributed by atoms with Crippen LogP contribution in [0, 0.1) is 17.5 Å². The SMILES string of the molecule is NC1=C(F)C(F)=C(c2cc(F)c(N)c(F)c2F)C(F)(F)C1F. The molecule has 1 aromatic rings. The van der Waals surface area contributed by atoms with Gasteiger partial charge in [0.05, 0.1) is 11.3 Å². The second kappa shape index (κ2) is 4.89. The fourth-order valence-electron chi connectivity index (χ4n) is 1.90. The zero-order valence-electron chi connectivity index (χ0n) is 10.3. The number of rotatable bonds is 1. The highest BCUT2D eigenvalue weighted by molar-refractivity contribution is 5.79. The molecule has 1 atom stereocenters. The minimum absolute atomic E-state index is 0.0852. The molecule has 1 aliphatic carbocycles.